The molecular weight excluding hydrogens is 240 g/mol. The summed E-state index contributed by atoms with van der Waals surface area (Å²) in [7, 11) is 0.190. The van der Waals surface area contributed by atoms with E-state index in [4.69, 9.17) is 4.74 Å². The third-order valence-electron chi connectivity index (χ3n) is 2.67. The summed E-state index contributed by atoms with van der Waals surface area (Å²) in [6.45, 7) is 6.84. The summed E-state index contributed by atoms with van der Waals surface area (Å²) < 4.78 is 4.77. The van der Waals surface area contributed by atoms with Crippen molar-refractivity contribution in [1.29, 1.82) is 0 Å². The largest absolute Gasteiger partial charge is 0.469 e. The summed E-state index contributed by atoms with van der Waals surface area (Å²) in [4.78, 5) is 11.5. The predicted octanol–water partition coefficient (Wildman–Crippen LogP) is 3.77. The molecule has 0 spiro atoms. The molecule has 0 amide bonds. The Bertz CT molecular complexity index is 404. The van der Waals surface area contributed by atoms with Gasteiger partial charge in [-0.25, -0.2) is 0 Å². The summed E-state index contributed by atoms with van der Waals surface area (Å²) in [6.07, 6.45) is 2.57. The molecule has 0 bridgehead atoms. The second kappa shape index (κ2) is 6.54. The number of benzene rings is 1. The molecule has 1 aromatic rings. The van der Waals surface area contributed by atoms with Gasteiger partial charge in [-0.2, -0.15) is 0 Å². The van der Waals surface area contributed by atoms with E-state index < -0.39 is 8.07 Å². The SMILES string of the molecule is COC(=O)C[C@H](/C=C/[Si](C)(C)C)c1ccccc1. The van der Waals surface area contributed by atoms with Gasteiger partial charge in [0, 0.05) is 5.92 Å². The van der Waals surface area contributed by atoms with Gasteiger partial charge in [0.2, 0.25) is 0 Å². The maximum absolute atomic E-state index is 11.5. The Labute approximate surface area is 111 Å². The summed E-state index contributed by atoms with van der Waals surface area (Å²) in [5.74, 6) is -0.0468. The van der Waals surface area contributed by atoms with E-state index in [2.05, 4.69) is 43.5 Å². The Kier molecular flexibility index (Phi) is 5.35. The number of ether oxygens (including phenoxy) is 1. The highest BCUT2D eigenvalue weighted by Crippen LogP contribution is 2.22. The molecule has 2 nitrogen and oxygen atoms in total. The first-order valence-electron chi connectivity index (χ1n) is 6.23. The molecule has 0 saturated carbocycles. The van der Waals surface area contributed by atoms with Gasteiger partial charge in [0.1, 0.15) is 0 Å². The summed E-state index contributed by atoms with van der Waals surface area (Å²) >= 11 is 0. The van der Waals surface area contributed by atoms with E-state index >= 15 is 0 Å². The second-order valence-corrected chi connectivity index (χ2v) is 10.6. The minimum atomic E-state index is -1.25. The molecule has 0 aliphatic heterocycles. The Balaban J connectivity index is 2.89. The quantitative estimate of drug-likeness (QED) is 0.596. The fourth-order valence-electron chi connectivity index (χ4n) is 1.66. The smallest absolute Gasteiger partial charge is 0.306 e. The average Bonchev–Trinajstić information content (AvgIpc) is 2.34. The number of allylic oxidation sites excluding steroid dienone is 1. The molecule has 0 unspecified atom stereocenters. The maximum Gasteiger partial charge on any atom is 0.306 e. The van der Waals surface area contributed by atoms with Crippen LogP contribution in [0.4, 0.5) is 0 Å². The zero-order chi connectivity index (χ0) is 13.6. The van der Waals surface area contributed by atoms with Gasteiger partial charge in [-0.1, -0.05) is 61.7 Å². The fourth-order valence-corrected chi connectivity index (χ4v) is 2.47. The highest BCUT2D eigenvalue weighted by Gasteiger charge is 2.15. The molecule has 0 fully saturated rings. The van der Waals surface area contributed by atoms with Crippen LogP contribution in [-0.4, -0.2) is 21.2 Å². The highest BCUT2D eigenvalue weighted by molar-refractivity contribution is 6.80. The molecular formula is C15H22O2Si. The monoisotopic (exact) mass is 262 g/mol. The Morgan fingerprint density at radius 1 is 1.28 bits per heavy atom. The van der Waals surface area contributed by atoms with Gasteiger partial charge in [0.05, 0.1) is 21.6 Å². The van der Waals surface area contributed by atoms with E-state index in [1.54, 1.807) is 0 Å². The number of carbonyl (C=O) groups excluding carboxylic acids is 1. The maximum atomic E-state index is 11.5. The molecule has 98 valence electrons. The zero-order valence-electron chi connectivity index (χ0n) is 11.6. The Morgan fingerprint density at radius 2 is 1.89 bits per heavy atom. The van der Waals surface area contributed by atoms with Crippen LogP contribution in [0.15, 0.2) is 42.1 Å². The first-order valence-corrected chi connectivity index (χ1v) is 9.81. The molecule has 1 aromatic carbocycles. The minimum Gasteiger partial charge on any atom is -0.469 e. The summed E-state index contributed by atoms with van der Waals surface area (Å²) in [5, 5.41) is 0. The van der Waals surface area contributed by atoms with E-state index in [9.17, 15) is 4.79 Å². The average molecular weight is 262 g/mol. The zero-order valence-corrected chi connectivity index (χ0v) is 12.6. The van der Waals surface area contributed by atoms with Crippen LogP contribution in [0, 0.1) is 0 Å². The lowest BCUT2D eigenvalue weighted by Crippen LogP contribution is -2.16. The van der Waals surface area contributed by atoms with Crippen molar-refractivity contribution in [3.8, 4) is 0 Å². The van der Waals surface area contributed by atoms with Gasteiger partial charge in [0.15, 0.2) is 0 Å². The van der Waals surface area contributed by atoms with Crippen LogP contribution in [0.25, 0.3) is 0 Å². The van der Waals surface area contributed by atoms with Crippen molar-refractivity contribution in [3.05, 3.63) is 47.7 Å². The third kappa shape index (κ3) is 5.32. The number of carbonyl (C=O) groups is 1. The van der Waals surface area contributed by atoms with Crippen molar-refractivity contribution >= 4 is 14.0 Å². The van der Waals surface area contributed by atoms with E-state index in [0.29, 0.717) is 6.42 Å². The van der Waals surface area contributed by atoms with Crippen molar-refractivity contribution in [2.45, 2.75) is 32.0 Å². The van der Waals surface area contributed by atoms with Gasteiger partial charge in [-0.15, -0.1) is 0 Å². The lowest BCUT2D eigenvalue weighted by molar-refractivity contribution is -0.140. The van der Waals surface area contributed by atoms with Crippen molar-refractivity contribution in [1.82, 2.24) is 0 Å². The number of rotatable bonds is 5. The summed E-state index contributed by atoms with van der Waals surface area (Å²) in [5.41, 5.74) is 3.45. The molecule has 0 radical (unpaired) electrons. The van der Waals surface area contributed by atoms with Gasteiger partial charge in [0.25, 0.3) is 0 Å². The van der Waals surface area contributed by atoms with Gasteiger partial charge >= 0.3 is 5.97 Å². The molecule has 0 N–H and O–H groups in total. The third-order valence-corrected chi connectivity index (χ3v) is 3.86. The van der Waals surface area contributed by atoms with Crippen LogP contribution in [0.3, 0.4) is 0 Å². The Morgan fingerprint density at radius 3 is 2.39 bits per heavy atom. The fraction of sp³-hybridized carbons (Fsp3) is 0.400. The van der Waals surface area contributed by atoms with Crippen molar-refractivity contribution in [2.75, 3.05) is 7.11 Å². The van der Waals surface area contributed by atoms with Crippen molar-refractivity contribution in [3.63, 3.8) is 0 Å². The molecule has 3 heteroatoms. The first kappa shape index (κ1) is 14.7. The van der Waals surface area contributed by atoms with Gasteiger partial charge in [-0.3, -0.25) is 4.79 Å². The van der Waals surface area contributed by atoms with Crippen molar-refractivity contribution < 1.29 is 9.53 Å². The molecule has 0 aromatic heterocycles. The number of hydrogen-bond acceptors (Lipinski definition) is 2. The van der Waals surface area contributed by atoms with E-state index in [-0.39, 0.29) is 11.9 Å². The molecule has 0 saturated heterocycles. The van der Waals surface area contributed by atoms with E-state index in [1.165, 1.54) is 7.11 Å². The number of esters is 1. The van der Waals surface area contributed by atoms with Crippen molar-refractivity contribution in [2.24, 2.45) is 0 Å². The molecule has 18 heavy (non-hydrogen) atoms. The lowest BCUT2D eigenvalue weighted by atomic mass is 9.96. The molecule has 0 aliphatic carbocycles. The normalized spacial score (nSPS) is 13.6. The number of hydrogen-bond donors (Lipinski definition) is 0. The van der Waals surface area contributed by atoms with Crippen LogP contribution in [0.2, 0.25) is 19.6 Å². The van der Waals surface area contributed by atoms with E-state index in [1.807, 2.05) is 18.2 Å². The molecule has 0 aliphatic rings. The molecule has 1 atom stereocenters. The topological polar surface area (TPSA) is 26.3 Å². The van der Waals surface area contributed by atoms with E-state index in [0.717, 1.165) is 5.56 Å². The molecule has 0 heterocycles. The number of methoxy groups -OCH3 is 1. The minimum absolute atomic E-state index is 0.116. The Hall–Kier alpha value is -1.35. The first-order chi connectivity index (χ1) is 8.42. The standard InChI is InChI=1S/C15H22O2Si/c1-17-15(16)12-14(10-11-18(2,3)4)13-8-6-5-7-9-13/h5-11,14H,12H2,1-4H3/b11-10+/t14-/m0/s1. The van der Waals surface area contributed by atoms with Crippen LogP contribution >= 0.6 is 0 Å². The van der Waals surface area contributed by atoms with Crippen LogP contribution < -0.4 is 0 Å². The summed E-state index contributed by atoms with van der Waals surface area (Å²) in [6, 6.07) is 10.1. The van der Waals surface area contributed by atoms with Gasteiger partial charge in [-0.05, 0) is 5.56 Å². The van der Waals surface area contributed by atoms with Gasteiger partial charge < -0.3 is 4.74 Å². The highest BCUT2D eigenvalue weighted by atomic mass is 28.3. The second-order valence-electron chi connectivity index (χ2n) is 5.52. The van der Waals surface area contributed by atoms with Crippen LogP contribution in [0.5, 0.6) is 0 Å². The lowest BCUT2D eigenvalue weighted by Gasteiger charge is -2.15. The molecule has 1 rings (SSSR count). The van der Waals surface area contributed by atoms with Crippen LogP contribution in [0.1, 0.15) is 17.9 Å². The predicted molar refractivity (Wildman–Crippen MR) is 78.3 cm³/mol. The van der Waals surface area contributed by atoms with Crippen LogP contribution in [-0.2, 0) is 9.53 Å².